The molecule has 7 unspecified atom stereocenters. The number of likely N-dealkylation sites (tertiary alicyclic amines) is 1. The molecule has 0 aromatic heterocycles. The van der Waals surface area contributed by atoms with Crippen LogP contribution < -0.4 is 16.0 Å². The lowest BCUT2D eigenvalue weighted by atomic mass is 9.85. The van der Waals surface area contributed by atoms with E-state index in [9.17, 15) is 9.59 Å². The van der Waals surface area contributed by atoms with Gasteiger partial charge in [-0.25, -0.2) is 0 Å². The quantitative estimate of drug-likeness (QED) is 0.617. The van der Waals surface area contributed by atoms with Gasteiger partial charge in [-0.3, -0.25) is 14.9 Å². The number of fused-ring (bicyclic) bond motifs is 3. The Bertz CT molecular complexity index is 669. The van der Waals surface area contributed by atoms with Gasteiger partial charge in [0, 0.05) is 36.3 Å². The minimum Gasteiger partial charge on any atom is -0.381 e. The maximum Gasteiger partial charge on any atom is 0.239 e. The van der Waals surface area contributed by atoms with E-state index in [-0.39, 0.29) is 23.4 Å². The lowest BCUT2D eigenvalue weighted by Gasteiger charge is -2.35. The topological polar surface area (TPSA) is 82.7 Å². The lowest BCUT2D eigenvalue weighted by Crippen LogP contribution is -2.54. The number of hydrogen-bond acceptors (Lipinski definition) is 6. The molecule has 2 amide bonds. The fourth-order valence-corrected chi connectivity index (χ4v) is 7.97. The minimum atomic E-state index is -0.0257. The summed E-state index contributed by atoms with van der Waals surface area (Å²) in [6.07, 6.45) is 7.12. The second-order valence-corrected chi connectivity index (χ2v) is 11.3. The minimum absolute atomic E-state index is 0.0195. The summed E-state index contributed by atoms with van der Waals surface area (Å²) in [5, 5.41) is 10.8. The molecule has 160 valence electrons. The van der Waals surface area contributed by atoms with Gasteiger partial charge < -0.3 is 20.3 Å². The van der Waals surface area contributed by atoms with Crippen molar-refractivity contribution in [3.63, 3.8) is 0 Å². The van der Waals surface area contributed by atoms with Crippen molar-refractivity contribution in [2.45, 2.75) is 67.4 Å². The van der Waals surface area contributed by atoms with Crippen molar-refractivity contribution in [3.05, 3.63) is 0 Å². The van der Waals surface area contributed by atoms with E-state index in [1.165, 1.54) is 25.7 Å². The molecular formula is C21H32N4O3S. The van der Waals surface area contributed by atoms with Crippen LogP contribution in [0.15, 0.2) is 0 Å². The molecule has 2 aliphatic carbocycles. The van der Waals surface area contributed by atoms with Gasteiger partial charge in [-0.05, 0) is 43.4 Å². The second kappa shape index (κ2) is 7.39. The van der Waals surface area contributed by atoms with E-state index in [2.05, 4.69) is 20.9 Å². The SMILES string of the molecule is O=C(NC1NC2CCN(C(=O)C3CC4CCCCC4N3)CC2S1)C1[C@H]2COC[C@@H]12. The van der Waals surface area contributed by atoms with Crippen LogP contribution in [-0.4, -0.2) is 71.9 Å². The first-order valence-electron chi connectivity index (χ1n) is 11.5. The highest BCUT2D eigenvalue weighted by molar-refractivity contribution is 8.00. The molecule has 0 aromatic carbocycles. The van der Waals surface area contributed by atoms with E-state index in [4.69, 9.17) is 4.74 Å². The molecule has 0 aromatic rings. The van der Waals surface area contributed by atoms with Gasteiger partial charge in [0.25, 0.3) is 0 Å². The number of carbonyl (C=O) groups is 2. The van der Waals surface area contributed by atoms with Gasteiger partial charge in [0.05, 0.1) is 19.3 Å². The van der Waals surface area contributed by atoms with E-state index >= 15 is 0 Å². The van der Waals surface area contributed by atoms with E-state index in [0.717, 1.165) is 39.1 Å². The molecule has 4 heterocycles. The van der Waals surface area contributed by atoms with Crippen molar-refractivity contribution in [1.82, 2.24) is 20.9 Å². The van der Waals surface area contributed by atoms with Gasteiger partial charge in [-0.15, -0.1) is 11.8 Å². The third-order valence-electron chi connectivity index (χ3n) is 8.24. The van der Waals surface area contributed by atoms with Crippen molar-refractivity contribution in [3.8, 4) is 0 Å². The summed E-state index contributed by atoms with van der Waals surface area (Å²) in [7, 11) is 0. The maximum absolute atomic E-state index is 13.2. The fourth-order valence-electron chi connectivity index (χ4n) is 6.51. The van der Waals surface area contributed by atoms with Gasteiger partial charge in [0.15, 0.2) is 0 Å². The summed E-state index contributed by atoms with van der Waals surface area (Å²) < 4.78 is 5.40. The van der Waals surface area contributed by atoms with Crippen molar-refractivity contribution in [2.75, 3.05) is 26.3 Å². The molecule has 6 aliphatic rings. The molecule has 4 aliphatic heterocycles. The summed E-state index contributed by atoms with van der Waals surface area (Å²) >= 11 is 1.79. The van der Waals surface area contributed by atoms with Gasteiger partial charge in [0.2, 0.25) is 11.8 Å². The van der Waals surface area contributed by atoms with Crippen molar-refractivity contribution < 1.29 is 14.3 Å². The Morgan fingerprint density at radius 2 is 1.86 bits per heavy atom. The monoisotopic (exact) mass is 420 g/mol. The molecule has 7 nitrogen and oxygen atoms in total. The predicted molar refractivity (Wildman–Crippen MR) is 110 cm³/mol. The number of rotatable bonds is 3. The summed E-state index contributed by atoms with van der Waals surface area (Å²) in [6.45, 7) is 3.11. The van der Waals surface area contributed by atoms with Crippen LogP contribution in [0.25, 0.3) is 0 Å². The summed E-state index contributed by atoms with van der Waals surface area (Å²) in [5.41, 5.74) is -0.0257. The summed E-state index contributed by atoms with van der Waals surface area (Å²) in [6, 6.07) is 0.964. The van der Waals surface area contributed by atoms with Crippen LogP contribution in [0.2, 0.25) is 0 Å². The van der Waals surface area contributed by atoms with Crippen LogP contribution >= 0.6 is 11.8 Å². The molecule has 6 rings (SSSR count). The van der Waals surface area contributed by atoms with Gasteiger partial charge in [-0.2, -0.15) is 0 Å². The van der Waals surface area contributed by atoms with Crippen molar-refractivity contribution in [2.24, 2.45) is 23.7 Å². The molecule has 29 heavy (non-hydrogen) atoms. The van der Waals surface area contributed by atoms with Gasteiger partial charge in [-0.1, -0.05) is 12.8 Å². The third kappa shape index (κ3) is 3.40. The second-order valence-electron chi connectivity index (χ2n) is 9.91. The van der Waals surface area contributed by atoms with Crippen LogP contribution in [0, 0.1) is 23.7 Å². The predicted octanol–water partition coefficient (Wildman–Crippen LogP) is 0.505. The highest BCUT2D eigenvalue weighted by Crippen LogP contribution is 2.51. The highest BCUT2D eigenvalue weighted by Gasteiger charge is 2.58. The largest absolute Gasteiger partial charge is 0.381 e. The fraction of sp³-hybridized carbons (Fsp3) is 0.905. The van der Waals surface area contributed by atoms with Crippen LogP contribution in [0.5, 0.6) is 0 Å². The third-order valence-corrected chi connectivity index (χ3v) is 9.59. The zero-order chi connectivity index (χ0) is 19.5. The number of thioether (sulfide) groups is 1. The molecule has 0 spiro atoms. The summed E-state index contributed by atoms with van der Waals surface area (Å²) in [5.74, 6) is 2.22. The Balaban J connectivity index is 1.02. The number of ether oxygens (including phenoxy) is 1. The molecule has 2 saturated carbocycles. The van der Waals surface area contributed by atoms with Crippen LogP contribution in [0.4, 0.5) is 0 Å². The van der Waals surface area contributed by atoms with Crippen molar-refractivity contribution >= 4 is 23.6 Å². The molecule has 9 atom stereocenters. The maximum atomic E-state index is 13.2. The molecule has 4 saturated heterocycles. The zero-order valence-electron chi connectivity index (χ0n) is 16.8. The van der Waals surface area contributed by atoms with E-state index in [0.29, 0.717) is 41.0 Å². The Labute approximate surface area is 176 Å². The Kier molecular flexibility index (Phi) is 4.82. The summed E-state index contributed by atoms with van der Waals surface area (Å²) in [4.78, 5) is 27.8. The number of hydrogen-bond donors (Lipinski definition) is 3. The van der Waals surface area contributed by atoms with Crippen molar-refractivity contribution in [1.29, 1.82) is 0 Å². The average molecular weight is 421 g/mol. The lowest BCUT2D eigenvalue weighted by molar-refractivity contribution is -0.134. The standard InChI is InChI=1S/C21H32N4O3S/c26-19(18-12-9-28-10-13(12)18)24-21-23-15-5-6-25(8-17(15)29-21)20(27)16-7-11-3-1-2-4-14(11)22-16/h11-18,21-23H,1-10H2,(H,24,26)/t11?,12-,13+,14?,15?,16?,17?,18?,21?. The van der Waals surface area contributed by atoms with Gasteiger partial charge >= 0.3 is 0 Å². The first-order chi connectivity index (χ1) is 14.2. The number of nitrogens with zero attached hydrogens (tertiary/aromatic N) is 1. The van der Waals surface area contributed by atoms with E-state index in [1.807, 2.05) is 0 Å². The molecule has 0 bridgehead atoms. The number of nitrogens with one attached hydrogen (secondary N) is 3. The van der Waals surface area contributed by atoms with Crippen LogP contribution in [-0.2, 0) is 14.3 Å². The average Bonchev–Trinajstić information content (AvgIpc) is 3.15. The van der Waals surface area contributed by atoms with E-state index in [1.54, 1.807) is 11.8 Å². The Morgan fingerprint density at radius 1 is 1.03 bits per heavy atom. The molecule has 8 heteroatoms. The first-order valence-corrected chi connectivity index (χ1v) is 12.5. The van der Waals surface area contributed by atoms with Crippen LogP contribution in [0.3, 0.4) is 0 Å². The first kappa shape index (κ1) is 18.9. The Morgan fingerprint density at radius 3 is 2.69 bits per heavy atom. The molecule has 0 radical (unpaired) electrons. The number of carbonyl (C=O) groups excluding carboxylic acids is 2. The molecule has 3 N–H and O–H groups in total. The zero-order valence-corrected chi connectivity index (χ0v) is 17.7. The van der Waals surface area contributed by atoms with Gasteiger partial charge in [0.1, 0.15) is 5.50 Å². The normalized spacial score (nSPS) is 48.0. The molecular weight excluding hydrogens is 388 g/mol. The van der Waals surface area contributed by atoms with E-state index < -0.39 is 0 Å². The molecule has 6 fully saturated rings. The number of amides is 2. The highest BCUT2D eigenvalue weighted by atomic mass is 32.2. The smallest absolute Gasteiger partial charge is 0.239 e. The Hall–Kier alpha value is -0.830. The number of piperidine rings is 1. The van der Waals surface area contributed by atoms with Crippen LogP contribution in [0.1, 0.15) is 38.5 Å².